The third-order valence-corrected chi connectivity index (χ3v) is 5.14. The summed E-state index contributed by atoms with van der Waals surface area (Å²) in [7, 11) is 0. The molecule has 2 heterocycles. The van der Waals surface area contributed by atoms with Gasteiger partial charge in [0, 0.05) is 28.8 Å². The molecule has 0 spiro atoms. The van der Waals surface area contributed by atoms with Gasteiger partial charge in [-0.25, -0.2) is 9.78 Å². The highest BCUT2D eigenvalue weighted by molar-refractivity contribution is 6.03. The Labute approximate surface area is 187 Å². The number of carboxylic acid groups (broad SMARTS) is 2. The van der Waals surface area contributed by atoms with Gasteiger partial charge in [-0.3, -0.25) is 9.59 Å². The number of oxime groups is 1. The number of carbonyl (C=O) groups excluding carboxylic acids is 1. The van der Waals surface area contributed by atoms with Gasteiger partial charge in [-0.2, -0.15) is 0 Å². The van der Waals surface area contributed by atoms with Gasteiger partial charge in [0.05, 0.1) is 11.4 Å². The maximum atomic E-state index is 12.0. The number of aromatic nitrogens is 2. The summed E-state index contributed by atoms with van der Waals surface area (Å²) in [4.78, 5) is 46.5. The first-order valence-electron chi connectivity index (χ1n) is 10.0. The van der Waals surface area contributed by atoms with Crippen LogP contribution in [0.1, 0.15) is 28.0 Å². The molecule has 1 unspecified atom stereocenters. The van der Waals surface area contributed by atoms with Gasteiger partial charge in [0.15, 0.2) is 0 Å². The fourth-order valence-corrected chi connectivity index (χ4v) is 3.42. The van der Waals surface area contributed by atoms with Crippen LogP contribution in [-0.4, -0.2) is 56.4 Å². The number of aromatic amines is 1. The van der Waals surface area contributed by atoms with E-state index in [0.29, 0.717) is 17.1 Å². The lowest BCUT2D eigenvalue weighted by atomic mass is 10.0. The summed E-state index contributed by atoms with van der Waals surface area (Å²) in [5.74, 6) is -1.96. The highest BCUT2D eigenvalue weighted by Crippen LogP contribution is 2.27. The van der Waals surface area contributed by atoms with Crippen molar-refractivity contribution in [3.8, 4) is 22.6 Å². The molecule has 0 fully saturated rings. The van der Waals surface area contributed by atoms with Crippen molar-refractivity contribution in [2.24, 2.45) is 5.16 Å². The highest BCUT2D eigenvalue weighted by Gasteiger charge is 2.28. The fourth-order valence-electron chi connectivity index (χ4n) is 3.42. The number of rotatable bonds is 7. The molecule has 1 aromatic heterocycles. The molecule has 0 saturated heterocycles. The van der Waals surface area contributed by atoms with Crippen molar-refractivity contribution in [3.05, 3.63) is 65.4 Å². The van der Waals surface area contributed by atoms with E-state index in [0.717, 1.165) is 28.1 Å². The van der Waals surface area contributed by atoms with Gasteiger partial charge in [0.1, 0.15) is 12.4 Å². The standard InChI is InChI=1S/C23H20N4O6/c1-12-20(14-4-8-16(9-5-14)22(30)24-11-19(28)29)26-21(25-12)15-6-2-13(3-7-15)17-10-18(23(31)32)33-27-17/h2-9,18H,10-11H2,1H3,(H,24,30)(H,25,26)(H,28,29)(H,31,32). The van der Waals surface area contributed by atoms with Crippen molar-refractivity contribution in [2.45, 2.75) is 19.4 Å². The van der Waals surface area contributed by atoms with Crippen LogP contribution in [0.2, 0.25) is 0 Å². The van der Waals surface area contributed by atoms with Gasteiger partial charge in [-0.1, -0.05) is 41.6 Å². The Balaban J connectivity index is 1.49. The van der Waals surface area contributed by atoms with Gasteiger partial charge in [0.25, 0.3) is 5.91 Å². The van der Waals surface area contributed by atoms with Crippen LogP contribution in [0.15, 0.2) is 53.7 Å². The monoisotopic (exact) mass is 448 g/mol. The van der Waals surface area contributed by atoms with Crippen molar-refractivity contribution in [1.29, 1.82) is 0 Å². The molecule has 2 aromatic carbocycles. The molecule has 0 bridgehead atoms. The topological polar surface area (TPSA) is 154 Å². The van der Waals surface area contributed by atoms with Crippen LogP contribution < -0.4 is 5.32 Å². The van der Waals surface area contributed by atoms with Crippen LogP contribution in [-0.2, 0) is 14.4 Å². The van der Waals surface area contributed by atoms with E-state index in [2.05, 4.69) is 20.4 Å². The Morgan fingerprint density at radius 1 is 1.03 bits per heavy atom. The summed E-state index contributed by atoms with van der Waals surface area (Å²) in [5, 5.41) is 23.9. The number of nitrogens with one attached hydrogen (secondary N) is 2. The van der Waals surface area contributed by atoms with E-state index in [-0.39, 0.29) is 6.42 Å². The van der Waals surface area contributed by atoms with Gasteiger partial charge in [-0.15, -0.1) is 0 Å². The second-order valence-corrected chi connectivity index (χ2v) is 7.46. The minimum atomic E-state index is -1.11. The van der Waals surface area contributed by atoms with Crippen molar-refractivity contribution >= 4 is 23.6 Å². The Kier molecular flexibility index (Phi) is 5.90. The minimum Gasteiger partial charge on any atom is -0.480 e. The first kappa shape index (κ1) is 21.8. The zero-order valence-corrected chi connectivity index (χ0v) is 17.5. The summed E-state index contributed by atoms with van der Waals surface area (Å²) in [5.41, 5.74) is 4.93. The lowest BCUT2D eigenvalue weighted by molar-refractivity contribution is -0.148. The predicted octanol–water partition coefficient (Wildman–Crippen LogP) is 2.44. The second kappa shape index (κ2) is 8.95. The molecule has 0 aliphatic carbocycles. The zero-order valence-electron chi connectivity index (χ0n) is 17.5. The number of carbonyl (C=O) groups is 3. The van der Waals surface area contributed by atoms with Crippen molar-refractivity contribution in [2.75, 3.05) is 6.54 Å². The third kappa shape index (κ3) is 4.74. The Morgan fingerprint density at radius 2 is 1.67 bits per heavy atom. The first-order valence-corrected chi connectivity index (χ1v) is 10.0. The van der Waals surface area contributed by atoms with Gasteiger partial charge in [-0.05, 0) is 24.6 Å². The van der Waals surface area contributed by atoms with Gasteiger partial charge >= 0.3 is 11.9 Å². The second-order valence-electron chi connectivity index (χ2n) is 7.46. The largest absolute Gasteiger partial charge is 0.480 e. The maximum absolute atomic E-state index is 12.0. The number of carboxylic acids is 2. The normalized spacial score (nSPS) is 14.9. The first-order chi connectivity index (χ1) is 15.8. The summed E-state index contributed by atoms with van der Waals surface area (Å²) in [6.07, 6.45) is -0.743. The number of amides is 1. The molecule has 0 saturated carbocycles. The SMILES string of the molecule is Cc1[nH]c(-c2ccc(C3=NOC(C(=O)O)C3)cc2)nc1-c1ccc(C(=O)NCC(=O)O)cc1. The number of aryl methyl sites for hydroxylation is 1. The Morgan fingerprint density at radius 3 is 2.27 bits per heavy atom. The minimum absolute atomic E-state index is 0.211. The number of aliphatic carboxylic acids is 2. The highest BCUT2D eigenvalue weighted by atomic mass is 16.7. The molecule has 3 aromatic rings. The third-order valence-electron chi connectivity index (χ3n) is 5.14. The van der Waals surface area contributed by atoms with E-state index in [4.69, 9.17) is 15.1 Å². The maximum Gasteiger partial charge on any atom is 0.348 e. The summed E-state index contributed by atoms with van der Waals surface area (Å²) < 4.78 is 0. The Hall–Kier alpha value is -4.47. The fraction of sp³-hybridized carbons (Fsp3) is 0.174. The molecule has 10 nitrogen and oxygen atoms in total. The van der Waals surface area contributed by atoms with Crippen LogP contribution >= 0.6 is 0 Å². The van der Waals surface area contributed by atoms with E-state index in [1.165, 1.54) is 0 Å². The van der Waals surface area contributed by atoms with Gasteiger partial charge in [0.2, 0.25) is 6.10 Å². The molecule has 10 heteroatoms. The molecular weight excluding hydrogens is 428 g/mol. The van der Waals surface area contributed by atoms with Gasteiger partial charge < -0.3 is 25.4 Å². The summed E-state index contributed by atoms with van der Waals surface area (Å²) >= 11 is 0. The van der Waals surface area contributed by atoms with E-state index in [1.807, 2.05) is 31.2 Å². The number of imidazole rings is 1. The molecule has 1 aliphatic rings. The molecular formula is C23H20N4O6. The van der Waals surface area contributed by atoms with Crippen LogP contribution in [0, 0.1) is 6.92 Å². The number of nitrogens with zero attached hydrogens (tertiary/aromatic N) is 2. The summed E-state index contributed by atoms with van der Waals surface area (Å²) in [6.45, 7) is 1.45. The number of hydrogen-bond acceptors (Lipinski definition) is 6. The van der Waals surface area contributed by atoms with Crippen LogP contribution in [0.25, 0.3) is 22.6 Å². The summed E-state index contributed by atoms with van der Waals surface area (Å²) in [6, 6.07) is 14.1. The Bertz CT molecular complexity index is 1240. The quantitative estimate of drug-likeness (QED) is 0.433. The average molecular weight is 448 g/mol. The van der Waals surface area contributed by atoms with Crippen LogP contribution in [0.3, 0.4) is 0 Å². The molecule has 0 radical (unpaired) electrons. The zero-order chi connectivity index (χ0) is 23.5. The van der Waals surface area contributed by atoms with E-state index < -0.39 is 30.5 Å². The lowest BCUT2D eigenvalue weighted by Gasteiger charge is -2.04. The van der Waals surface area contributed by atoms with E-state index in [1.54, 1.807) is 24.3 Å². The molecule has 33 heavy (non-hydrogen) atoms. The van der Waals surface area contributed by atoms with Crippen LogP contribution in [0.4, 0.5) is 0 Å². The van der Waals surface area contributed by atoms with Crippen LogP contribution in [0.5, 0.6) is 0 Å². The molecule has 1 atom stereocenters. The predicted molar refractivity (Wildman–Crippen MR) is 118 cm³/mol. The number of benzene rings is 2. The van der Waals surface area contributed by atoms with E-state index >= 15 is 0 Å². The molecule has 1 amide bonds. The van der Waals surface area contributed by atoms with Crippen molar-refractivity contribution in [3.63, 3.8) is 0 Å². The molecule has 1 aliphatic heterocycles. The average Bonchev–Trinajstić information content (AvgIpc) is 3.45. The molecule has 4 N–H and O–H groups in total. The number of hydrogen-bond donors (Lipinski definition) is 4. The lowest BCUT2D eigenvalue weighted by Crippen LogP contribution is -2.29. The van der Waals surface area contributed by atoms with Crippen molar-refractivity contribution < 1.29 is 29.4 Å². The molecule has 4 rings (SSSR count). The molecule has 168 valence electrons. The van der Waals surface area contributed by atoms with Crippen molar-refractivity contribution in [1.82, 2.24) is 15.3 Å². The smallest absolute Gasteiger partial charge is 0.348 e. The van der Waals surface area contributed by atoms with E-state index in [9.17, 15) is 14.4 Å². The number of H-pyrrole nitrogens is 1.